The monoisotopic (exact) mass is 647 g/mol. The van der Waals surface area contributed by atoms with Gasteiger partial charge in [-0.25, -0.2) is 9.59 Å². The highest BCUT2D eigenvalue weighted by Crippen LogP contribution is 2.41. The molecule has 1 unspecified atom stereocenters. The van der Waals surface area contributed by atoms with Crippen molar-refractivity contribution in [3.8, 4) is 5.75 Å². The van der Waals surface area contributed by atoms with E-state index in [1.165, 1.54) is 14.0 Å². The number of carbonyl (C=O) groups excluding carboxylic acids is 3. The van der Waals surface area contributed by atoms with E-state index in [0.29, 0.717) is 24.4 Å². The molecular weight excluding hydrogens is 602 g/mol. The van der Waals surface area contributed by atoms with E-state index in [0.717, 1.165) is 11.1 Å². The van der Waals surface area contributed by atoms with Crippen molar-refractivity contribution in [3.05, 3.63) is 96.1 Å². The van der Waals surface area contributed by atoms with E-state index in [9.17, 15) is 14.4 Å². The van der Waals surface area contributed by atoms with E-state index in [4.69, 9.17) is 28.4 Å². The van der Waals surface area contributed by atoms with E-state index < -0.39 is 24.0 Å². The number of rotatable bonds is 14. The number of carbonyl (C=O) groups is 3. The fourth-order valence-corrected chi connectivity index (χ4v) is 5.64. The summed E-state index contributed by atoms with van der Waals surface area (Å²) in [5.74, 6) is -2.06. The molecule has 0 spiro atoms. The van der Waals surface area contributed by atoms with Gasteiger partial charge < -0.3 is 28.4 Å². The van der Waals surface area contributed by atoms with Crippen LogP contribution in [0.2, 0.25) is 0 Å². The van der Waals surface area contributed by atoms with Crippen LogP contribution in [0.4, 0.5) is 10.5 Å². The second kappa shape index (κ2) is 16.9. The second-order valence-electron chi connectivity index (χ2n) is 12.0. The van der Waals surface area contributed by atoms with Crippen molar-refractivity contribution in [2.45, 2.75) is 59.2 Å². The molecule has 47 heavy (non-hydrogen) atoms. The summed E-state index contributed by atoms with van der Waals surface area (Å²) in [5, 5.41) is 0. The zero-order valence-electron chi connectivity index (χ0n) is 27.8. The molecule has 10 heteroatoms. The lowest BCUT2D eigenvalue weighted by molar-refractivity contribution is -0.304. The van der Waals surface area contributed by atoms with Crippen LogP contribution in [0.25, 0.3) is 0 Å². The van der Waals surface area contributed by atoms with E-state index in [2.05, 4.69) is 6.92 Å². The van der Waals surface area contributed by atoms with Gasteiger partial charge in [0.15, 0.2) is 0 Å². The molecule has 0 N–H and O–H groups in total. The van der Waals surface area contributed by atoms with Gasteiger partial charge in [0.1, 0.15) is 19.0 Å². The SMILES string of the molecule is COC(=O)[C@@]1(OCCOc2ccc(N(Cc3ccccc3)C(=O)OCc3ccccc3)cc2)C[C@@H](C)[C@@H](C)C([C@H](C)COC(C)=O)O1. The minimum atomic E-state index is -1.61. The summed E-state index contributed by atoms with van der Waals surface area (Å²) in [6.45, 7) is 8.20. The quantitative estimate of drug-likeness (QED) is 0.109. The first-order valence-corrected chi connectivity index (χ1v) is 15.9. The van der Waals surface area contributed by atoms with Crippen LogP contribution < -0.4 is 9.64 Å². The zero-order chi connectivity index (χ0) is 33.8. The number of nitrogens with zero attached hydrogens (tertiary/aromatic N) is 1. The number of hydrogen-bond donors (Lipinski definition) is 0. The summed E-state index contributed by atoms with van der Waals surface area (Å²) in [6.07, 6.45) is -0.558. The van der Waals surface area contributed by atoms with Gasteiger partial charge in [-0.05, 0) is 47.2 Å². The third-order valence-corrected chi connectivity index (χ3v) is 8.38. The van der Waals surface area contributed by atoms with Gasteiger partial charge in [-0.15, -0.1) is 0 Å². The maximum Gasteiger partial charge on any atom is 0.414 e. The summed E-state index contributed by atoms with van der Waals surface area (Å²) < 4.78 is 34.3. The molecule has 1 fully saturated rings. The van der Waals surface area contributed by atoms with Crippen molar-refractivity contribution in [1.82, 2.24) is 0 Å². The number of ether oxygens (including phenoxy) is 6. The van der Waals surface area contributed by atoms with Crippen LogP contribution in [-0.4, -0.2) is 56.9 Å². The van der Waals surface area contributed by atoms with Gasteiger partial charge in [0.25, 0.3) is 5.79 Å². The fraction of sp³-hybridized carbons (Fsp3) is 0.432. The Labute approximate surface area is 276 Å². The minimum absolute atomic E-state index is 0.0505. The van der Waals surface area contributed by atoms with Crippen LogP contribution in [-0.2, 0) is 46.4 Å². The molecule has 3 aromatic rings. The third kappa shape index (κ3) is 9.79. The Morgan fingerprint density at radius 1 is 0.894 bits per heavy atom. The smallest absolute Gasteiger partial charge is 0.414 e. The summed E-state index contributed by atoms with van der Waals surface area (Å²) in [5.41, 5.74) is 2.50. The number of hydrogen-bond acceptors (Lipinski definition) is 9. The van der Waals surface area contributed by atoms with Gasteiger partial charge in [0.05, 0.1) is 33.0 Å². The molecule has 10 nitrogen and oxygen atoms in total. The average Bonchev–Trinajstić information content (AvgIpc) is 3.09. The van der Waals surface area contributed by atoms with Gasteiger partial charge in [-0.1, -0.05) is 81.4 Å². The predicted octanol–water partition coefficient (Wildman–Crippen LogP) is 6.56. The summed E-state index contributed by atoms with van der Waals surface area (Å²) in [7, 11) is 1.30. The standard InChI is InChI=1S/C37H45NO9/c1-26-22-37(35(40)42-5,47-34(28(26)3)27(2)24-44-29(4)39)46-21-20-43-33-18-16-32(17-19-33)38(23-30-12-8-6-9-13-30)36(41)45-25-31-14-10-7-11-15-31/h6-19,26-28,34H,20-25H2,1-5H3/t26-,27-,28-,34?,37-/m1/s1. The Bertz CT molecular complexity index is 1430. The van der Waals surface area contributed by atoms with Crippen LogP contribution in [0.1, 0.15) is 45.2 Å². The van der Waals surface area contributed by atoms with Gasteiger partial charge in [-0.2, -0.15) is 0 Å². The van der Waals surface area contributed by atoms with Gasteiger partial charge in [-0.3, -0.25) is 9.69 Å². The van der Waals surface area contributed by atoms with Gasteiger partial charge >= 0.3 is 18.0 Å². The number of anilines is 1. The van der Waals surface area contributed by atoms with Crippen LogP contribution >= 0.6 is 0 Å². The topological polar surface area (TPSA) is 110 Å². The maximum atomic E-state index is 13.2. The van der Waals surface area contributed by atoms with Crippen molar-refractivity contribution in [2.24, 2.45) is 17.8 Å². The molecule has 1 aliphatic heterocycles. The Balaban J connectivity index is 1.39. The molecule has 1 aliphatic rings. The molecule has 5 atom stereocenters. The van der Waals surface area contributed by atoms with Crippen molar-refractivity contribution < 1.29 is 42.8 Å². The van der Waals surface area contributed by atoms with Crippen LogP contribution in [0, 0.1) is 17.8 Å². The van der Waals surface area contributed by atoms with Gasteiger partial charge in [0, 0.05) is 24.9 Å². The minimum Gasteiger partial charge on any atom is -0.491 e. The first-order chi connectivity index (χ1) is 22.6. The summed E-state index contributed by atoms with van der Waals surface area (Å²) in [4.78, 5) is 39.2. The van der Waals surface area contributed by atoms with Crippen LogP contribution in [0.5, 0.6) is 5.75 Å². The number of amides is 1. The van der Waals surface area contributed by atoms with Crippen molar-refractivity contribution >= 4 is 23.7 Å². The maximum absolute atomic E-state index is 13.2. The second-order valence-corrected chi connectivity index (χ2v) is 12.0. The summed E-state index contributed by atoms with van der Waals surface area (Å²) >= 11 is 0. The number of esters is 2. The highest BCUT2D eigenvalue weighted by Gasteiger charge is 2.52. The molecule has 0 saturated carbocycles. The molecule has 0 radical (unpaired) electrons. The van der Waals surface area contributed by atoms with Crippen molar-refractivity contribution in [3.63, 3.8) is 0 Å². The molecular formula is C37H45NO9. The Kier molecular flexibility index (Phi) is 12.8. The molecule has 252 valence electrons. The average molecular weight is 648 g/mol. The Morgan fingerprint density at radius 2 is 1.53 bits per heavy atom. The Morgan fingerprint density at radius 3 is 2.15 bits per heavy atom. The number of benzene rings is 3. The van der Waals surface area contributed by atoms with Gasteiger partial charge in [0.2, 0.25) is 0 Å². The Hall–Kier alpha value is -4.41. The molecule has 0 aromatic heterocycles. The fourth-order valence-electron chi connectivity index (χ4n) is 5.64. The highest BCUT2D eigenvalue weighted by atomic mass is 16.7. The van der Waals surface area contributed by atoms with E-state index >= 15 is 0 Å². The molecule has 1 saturated heterocycles. The lowest BCUT2D eigenvalue weighted by atomic mass is 9.78. The molecule has 4 rings (SSSR count). The number of methoxy groups -OCH3 is 1. The zero-order valence-corrected chi connectivity index (χ0v) is 27.8. The van der Waals surface area contributed by atoms with E-state index in [1.807, 2.05) is 74.5 Å². The molecule has 3 aromatic carbocycles. The normalized spacial score (nSPS) is 21.3. The van der Waals surface area contributed by atoms with Crippen LogP contribution in [0.3, 0.4) is 0 Å². The van der Waals surface area contributed by atoms with E-state index in [-0.39, 0.29) is 50.2 Å². The lowest BCUT2D eigenvalue weighted by Crippen LogP contribution is -2.57. The summed E-state index contributed by atoms with van der Waals surface area (Å²) in [6, 6.07) is 26.3. The van der Waals surface area contributed by atoms with Crippen LogP contribution in [0.15, 0.2) is 84.9 Å². The molecule has 0 aliphatic carbocycles. The lowest BCUT2D eigenvalue weighted by Gasteiger charge is -2.46. The first kappa shape index (κ1) is 35.4. The third-order valence-electron chi connectivity index (χ3n) is 8.38. The van der Waals surface area contributed by atoms with Crippen molar-refractivity contribution in [2.75, 3.05) is 31.8 Å². The first-order valence-electron chi connectivity index (χ1n) is 15.9. The molecule has 1 heterocycles. The highest BCUT2D eigenvalue weighted by molar-refractivity contribution is 5.87. The molecule has 0 bridgehead atoms. The van der Waals surface area contributed by atoms with Crippen molar-refractivity contribution in [1.29, 1.82) is 0 Å². The predicted molar refractivity (Wildman–Crippen MR) is 176 cm³/mol. The molecule has 1 amide bonds. The van der Waals surface area contributed by atoms with E-state index in [1.54, 1.807) is 29.2 Å². The largest absolute Gasteiger partial charge is 0.491 e.